The fourth-order valence-electron chi connectivity index (χ4n) is 2.38. The van der Waals surface area contributed by atoms with E-state index < -0.39 is 0 Å². The van der Waals surface area contributed by atoms with Crippen LogP contribution in [0.3, 0.4) is 0 Å². The Labute approximate surface area is 164 Å². The van der Waals surface area contributed by atoms with Gasteiger partial charge in [-0.05, 0) is 38.1 Å². The number of H-pyrrole nitrogens is 1. The number of aromatic nitrogens is 3. The monoisotopic (exact) mass is 402 g/mol. The van der Waals surface area contributed by atoms with Crippen LogP contribution in [-0.4, -0.2) is 33.7 Å². The van der Waals surface area contributed by atoms with Crippen molar-refractivity contribution in [2.45, 2.75) is 19.0 Å². The highest BCUT2D eigenvalue weighted by molar-refractivity contribution is 7.99. The van der Waals surface area contributed by atoms with Gasteiger partial charge in [-0.15, -0.1) is 11.3 Å². The lowest BCUT2D eigenvalue weighted by molar-refractivity contribution is -0.113. The van der Waals surface area contributed by atoms with E-state index in [1.165, 1.54) is 29.2 Å². The summed E-state index contributed by atoms with van der Waals surface area (Å²) in [6.45, 7) is 3.70. The number of thiazole rings is 1. The van der Waals surface area contributed by atoms with Gasteiger partial charge >= 0.3 is 0 Å². The van der Waals surface area contributed by atoms with E-state index in [9.17, 15) is 9.59 Å². The van der Waals surface area contributed by atoms with Gasteiger partial charge in [-0.25, -0.2) is 9.97 Å². The van der Waals surface area contributed by atoms with E-state index in [2.05, 4.69) is 20.3 Å². The Hall–Kier alpha value is -2.65. The maximum Gasteiger partial charge on any atom is 0.251 e. The molecule has 3 aromatic rings. The van der Waals surface area contributed by atoms with Crippen molar-refractivity contribution in [1.29, 1.82) is 0 Å². The summed E-state index contributed by atoms with van der Waals surface area (Å²) in [5.41, 5.74) is 2.17. The maximum absolute atomic E-state index is 12.2. The molecule has 3 rings (SSSR count). The first-order valence-electron chi connectivity index (χ1n) is 8.07. The van der Waals surface area contributed by atoms with Crippen LogP contribution in [0.25, 0.3) is 11.3 Å². The van der Waals surface area contributed by atoms with Crippen LogP contribution >= 0.6 is 23.1 Å². The molecule has 2 heterocycles. The quantitative estimate of drug-likeness (QED) is 0.485. The van der Waals surface area contributed by atoms with Crippen LogP contribution in [-0.2, 0) is 4.79 Å². The number of ether oxygens (including phenoxy) is 1. The number of nitrogens with zero attached hydrogens (tertiary/aromatic N) is 2. The Balaban J connectivity index is 1.65. The first-order valence-corrected chi connectivity index (χ1v) is 9.87. The van der Waals surface area contributed by atoms with Crippen LogP contribution in [0.4, 0.5) is 5.13 Å². The SMILES string of the molecule is COc1ccc(-c2nc(NC(=O)CSc3nc(C)cc(=O)[nH]3)sc2C)cc1. The van der Waals surface area contributed by atoms with Gasteiger partial charge in [0.05, 0.1) is 18.6 Å². The van der Waals surface area contributed by atoms with Gasteiger partial charge < -0.3 is 15.0 Å². The minimum atomic E-state index is -0.231. The smallest absolute Gasteiger partial charge is 0.251 e. The average Bonchev–Trinajstić information content (AvgIpc) is 2.99. The van der Waals surface area contributed by atoms with Crippen LogP contribution in [0.15, 0.2) is 40.3 Å². The number of carbonyl (C=O) groups is 1. The lowest BCUT2D eigenvalue weighted by Gasteiger charge is -2.03. The molecule has 1 amide bonds. The normalized spacial score (nSPS) is 10.6. The largest absolute Gasteiger partial charge is 0.497 e. The number of rotatable bonds is 6. The van der Waals surface area contributed by atoms with Crippen LogP contribution in [0.1, 0.15) is 10.6 Å². The number of methoxy groups -OCH3 is 1. The fourth-order valence-corrected chi connectivity index (χ4v) is 3.95. The first-order chi connectivity index (χ1) is 12.9. The number of benzene rings is 1. The van der Waals surface area contributed by atoms with Crippen molar-refractivity contribution in [1.82, 2.24) is 15.0 Å². The zero-order valence-corrected chi connectivity index (χ0v) is 16.7. The number of nitrogens with one attached hydrogen (secondary N) is 2. The molecular weight excluding hydrogens is 384 g/mol. The van der Waals surface area contributed by atoms with Crippen LogP contribution in [0.5, 0.6) is 5.75 Å². The maximum atomic E-state index is 12.2. The molecule has 0 saturated carbocycles. The molecule has 0 spiro atoms. The zero-order chi connectivity index (χ0) is 19.4. The summed E-state index contributed by atoms with van der Waals surface area (Å²) in [4.78, 5) is 36.0. The highest BCUT2D eigenvalue weighted by atomic mass is 32.2. The number of hydrogen-bond acceptors (Lipinski definition) is 7. The van der Waals surface area contributed by atoms with Gasteiger partial charge in [-0.2, -0.15) is 0 Å². The van der Waals surface area contributed by atoms with Gasteiger partial charge in [0.15, 0.2) is 10.3 Å². The van der Waals surface area contributed by atoms with E-state index >= 15 is 0 Å². The molecule has 0 atom stereocenters. The highest BCUT2D eigenvalue weighted by Crippen LogP contribution is 2.31. The number of anilines is 1. The molecule has 0 aliphatic carbocycles. The second kappa shape index (κ2) is 8.36. The van der Waals surface area contributed by atoms with Crippen LogP contribution in [0.2, 0.25) is 0 Å². The number of amides is 1. The molecule has 0 bridgehead atoms. The van der Waals surface area contributed by atoms with Gasteiger partial charge in [-0.3, -0.25) is 9.59 Å². The molecule has 7 nitrogen and oxygen atoms in total. The molecule has 0 radical (unpaired) electrons. The van der Waals surface area contributed by atoms with Crippen molar-refractivity contribution in [2.75, 3.05) is 18.2 Å². The summed E-state index contributed by atoms with van der Waals surface area (Å²) in [5.74, 6) is 0.697. The Bertz CT molecular complexity index is 1010. The topological polar surface area (TPSA) is 97.0 Å². The average molecular weight is 403 g/mol. The van der Waals surface area contributed by atoms with Crippen LogP contribution < -0.4 is 15.6 Å². The molecule has 0 aliphatic heterocycles. The Morgan fingerprint density at radius 1 is 1.26 bits per heavy atom. The van der Waals surface area contributed by atoms with Gasteiger partial charge in [0.2, 0.25) is 5.91 Å². The summed E-state index contributed by atoms with van der Waals surface area (Å²) in [7, 11) is 1.62. The third-order valence-electron chi connectivity index (χ3n) is 3.59. The molecule has 0 saturated heterocycles. The minimum absolute atomic E-state index is 0.128. The lowest BCUT2D eigenvalue weighted by Crippen LogP contribution is -2.15. The Kier molecular flexibility index (Phi) is 5.92. The third kappa shape index (κ3) is 4.95. The van der Waals surface area contributed by atoms with Gasteiger partial charge in [0.25, 0.3) is 5.56 Å². The van der Waals surface area contributed by atoms with Crippen molar-refractivity contribution in [3.05, 3.63) is 51.3 Å². The zero-order valence-electron chi connectivity index (χ0n) is 15.0. The van der Waals surface area contributed by atoms with Crippen molar-refractivity contribution in [3.63, 3.8) is 0 Å². The predicted octanol–water partition coefficient (Wildman–Crippen LogP) is 3.25. The number of aromatic amines is 1. The third-order valence-corrected chi connectivity index (χ3v) is 5.35. The molecule has 9 heteroatoms. The summed E-state index contributed by atoms with van der Waals surface area (Å²) >= 11 is 2.59. The van der Waals surface area contributed by atoms with Crippen molar-refractivity contribution < 1.29 is 9.53 Å². The van der Waals surface area contributed by atoms with E-state index in [0.717, 1.165) is 21.9 Å². The van der Waals surface area contributed by atoms with Gasteiger partial charge in [0, 0.05) is 22.2 Å². The molecule has 2 N–H and O–H groups in total. The summed E-state index contributed by atoms with van der Waals surface area (Å²) in [5, 5.41) is 3.76. The molecular formula is C18H18N4O3S2. The van der Waals surface area contributed by atoms with Crippen molar-refractivity contribution >= 4 is 34.1 Å². The van der Waals surface area contributed by atoms with Crippen molar-refractivity contribution in [2.24, 2.45) is 0 Å². The summed E-state index contributed by atoms with van der Waals surface area (Å²) in [6.07, 6.45) is 0. The molecule has 2 aromatic heterocycles. The predicted molar refractivity (Wildman–Crippen MR) is 108 cm³/mol. The second-order valence-electron chi connectivity index (χ2n) is 5.68. The molecule has 0 aliphatic rings. The van der Waals surface area contributed by atoms with E-state index in [4.69, 9.17) is 4.74 Å². The Morgan fingerprint density at radius 3 is 2.67 bits per heavy atom. The number of hydrogen-bond donors (Lipinski definition) is 2. The summed E-state index contributed by atoms with van der Waals surface area (Å²) in [6, 6.07) is 9.02. The minimum Gasteiger partial charge on any atom is -0.497 e. The van der Waals surface area contributed by atoms with E-state index in [1.807, 2.05) is 31.2 Å². The van der Waals surface area contributed by atoms with E-state index in [0.29, 0.717) is 16.0 Å². The number of thioether (sulfide) groups is 1. The number of carbonyl (C=O) groups excluding carboxylic acids is 1. The van der Waals surface area contributed by atoms with E-state index in [-0.39, 0.29) is 17.2 Å². The van der Waals surface area contributed by atoms with Gasteiger partial charge in [0.1, 0.15) is 5.75 Å². The van der Waals surface area contributed by atoms with E-state index in [1.54, 1.807) is 14.0 Å². The standard InChI is InChI=1S/C18H18N4O3S2/c1-10-8-14(23)20-17(19-10)26-9-15(24)21-18-22-16(11(2)27-18)12-4-6-13(25-3)7-5-12/h4-8H,9H2,1-3H3,(H,19,20,23)(H,21,22,24). The van der Waals surface area contributed by atoms with Crippen molar-refractivity contribution in [3.8, 4) is 17.0 Å². The molecule has 1 aromatic carbocycles. The molecule has 140 valence electrons. The fraction of sp³-hybridized carbons (Fsp3) is 0.222. The summed E-state index contributed by atoms with van der Waals surface area (Å²) < 4.78 is 5.17. The molecule has 27 heavy (non-hydrogen) atoms. The second-order valence-corrected chi connectivity index (χ2v) is 7.85. The van der Waals surface area contributed by atoms with Gasteiger partial charge in [-0.1, -0.05) is 11.8 Å². The Morgan fingerprint density at radius 2 is 2.00 bits per heavy atom. The van der Waals surface area contributed by atoms with Crippen LogP contribution in [0, 0.1) is 13.8 Å². The molecule has 0 unspecified atom stereocenters. The first kappa shape index (κ1) is 19.1. The lowest BCUT2D eigenvalue weighted by atomic mass is 10.1. The molecule has 0 fully saturated rings. The highest BCUT2D eigenvalue weighted by Gasteiger charge is 2.13. The number of aryl methyl sites for hydroxylation is 2.